The molecule has 3 rings (SSSR count). The zero-order valence-corrected chi connectivity index (χ0v) is 17.3. The third-order valence-corrected chi connectivity index (χ3v) is 5.18. The Labute approximate surface area is 183 Å². The molecule has 2 aromatic carbocycles. The summed E-state index contributed by atoms with van der Waals surface area (Å²) in [6.07, 6.45) is 2.57. The Morgan fingerprint density at radius 1 is 1.06 bits per heavy atom. The van der Waals surface area contributed by atoms with E-state index in [2.05, 4.69) is 0 Å². The molecule has 0 saturated carbocycles. The molecule has 31 heavy (non-hydrogen) atoms. The van der Waals surface area contributed by atoms with Gasteiger partial charge in [-0.05, 0) is 43.2 Å². The maximum atomic E-state index is 14.3. The number of nitrogens with one attached hydrogen (secondary N) is 1. The Bertz CT molecular complexity index is 954. The summed E-state index contributed by atoms with van der Waals surface area (Å²) in [4.78, 5) is 12.2. The summed E-state index contributed by atoms with van der Waals surface area (Å²) in [5.41, 5.74) is -0.393. The first-order valence-corrected chi connectivity index (χ1v) is 9.64. The monoisotopic (exact) mass is 459 g/mol. The van der Waals surface area contributed by atoms with E-state index >= 15 is 0 Å². The molecule has 1 saturated heterocycles. The van der Waals surface area contributed by atoms with Crippen molar-refractivity contribution < 1.29 is 49.5 Å². The van der Waals surface area contributed by atoms with Gasteiger partial charge in [0.15, 0.2) is 0 Å². The van der Waals surface area contributed by atoms with Crippen LogP contribution in [0.3, 0.4) is 0 Å². The highest BCUT2D eigenvalue weighted by Gasteiger charge is 2.28. The fraction of sp³-hybridized carbons (Fsp3) is 0.318. The zero-order valence-electron chi connectivity index (χ0n) is 16.5. The predicted octanol–water partition coefficient (Wildman–Crippen LogP) is 0.0323. The molecule has 1 aliphatic heterocycles. The first-order chi connectivity index (χ1) is 14.3. The number of benzene rings is 2. The fourth-order valence-electron chi connectivity index (χ4n) is 3.62. The summed E-state index contributed by atoms with van der Waals surface area (Å²) in [6, 6.07) is 5.59. The van der Waals surface area contributed by atoms with Gasteiger partial charge in [0.1, 0.15) is 42.3 Å². The van der Waals surface area contributed by atoms with Crippen LogP contribution in [0.15, 0.2) is 42.7 Å². The number of carboxylic acids is 1. The molecule has 0 aromatic heterocycles. The van der Waals surface area contributed by atoms with Gasteiger partial charge in [-0.25, -0.2) is 17.6 Å². The molecule has 2 atom stereocenters. The van der Waals surface area contributed by atoms with Gasteiger partial charge in [-0.3, -0.25) is 4.79 Å². The van der Waals surface area contributed by atoms with E-state index in [1.54, 1.807) is 0 Å². The first-order valence-electron chi connectivity index (χ1n) is 9.64. The maximum absolute atomic E-state index is 14.3. The number of carbonyl (C=O) groups is 1. The standard InChI is InChI=1S/C22H21F4NO3.ClH/c23-15-4-6-20(25)18(10-15)19(17-5-3-16(24)11-21(17)26)13-30-9-8-27-7-1-2-14(12-27)22(28)29;/h3-6,10-11,13-14H,1-2,7-9,12H2,(H,28,29);1H/b19-13+;/t14-;/m1./s1. The summed E-state index contributed by atoms with van der Waals surface area (Å²) in [6.45, 7) is 1.98. The minimum absolute atomic E-state index is 0. The van der Waals surface area contributed by atoms with Crippen LogP contribution in [0.1, 0.15) is 24.0 Å². The Morgan fingerprint density at radius 3 is 2.48 bits per heavy atom. The van der Waals surface area contributed by atoms with Crippen molar-refractivity contribution in [2.75, 3.05) is 26.2 Å². The van der Waals surface area contributed by atoms with Crippen molar-refractivity contribution in [3.63, 3.8) is 0 Å². The van der Waals surface area contributed by atoms with E-state index in [1.165, 1.54) is 0 Å². The van der Waals surface area contributed by atoms with Crippen molar-refractivity contribution in [2.45, 2.75) is 12.8 Å². The summed E-state index contributed by atoms with van der Waals surface area (Å²) in [5, 5.41) is 9.16. The van der Waals surface area contributed by atoms with Crippen LogP contribution in [0.4, 0.5) is 17.6 Å². The normalized spacial score (nSPS) is 18.9. The fourth-order valence-corrected chi connectivity index (χ4v) is 3.62. The van der Waals surface area contributed by atoms with Crippen LogP contribution < -0.4 is 17.3 Å². The number of likely N-dealkylation sites (tertiary alicyclic amines) is 1. The summed E-state index contributed by atoms with van der Waals surface area (Å²) >= 11 is 0. The number of aliphatic carboxylic acids is 1. The van der Waals surface area contributed by atoms with E-state index in [0.29, 0.717) is 25.6 Å². The van der Waals surface area contributed by atoms with E-state index in [9.17, 15) is 22.4 Å². The van der Waals surface area contributed by atoms with Crippen LogP contribution in [0.25, 0.3) is 5.57 Å². The van der Waals surface area contributed by atoms with E-state index in [1.807, 2.05) is 0 Å². The topological polar surface area (TPSA) is 51.0 Å². The molecular formula is C22H22ClF4NO3. The Kier molecular flexibility index (Phi) is 8.88. The van der Waals surface area contributed by atoms with E-state index in [0.717, 1.165) is 54.5 Å². The van der Waals surface area contributed by atoms with Gasteiger partial charge in [0, 0.05) is 22.8 Å². The number of hydrogen-bond donors (Lipinski definition) is 2. The Morgan fingerprint density at radius 2 is 1.77 bits per heavy atom. The lowest BCUT2D eigenvalue weighted by Crippen LogP contribution is -3.14. The van der Waals surface area contributed by atoms with Crippen LogP contribution in [0, 0.1) is 29.2 Å². The number of carboxylic acid groups (broad SMARTS) is 1. The molecule has 2 N–H and O–H groups in total. The van der Waals surface area contributed by atoms with Crippen LogP contribution in [0.5, 0.6) is 0 Å². The van der Waals surface area contributed by atoms with Crippen molar-refractivity contribution in [3.05, 3.63) is 77.1 Å². The molecule has 168 valence electrons. The lowest BCUT2D eigenvalue weighted by atomic mass is 9.98. The minimum Gasteiger partial charge on any atom is -1.00 e. The highest BCUT2D eigenvalue weighted by molar-refractivity contribution is 5.79. The quantitative estimate of drug-likeness (QED) is 0.349. The number of quaternary nitrogens is 1. The molecule has 0 spiro atoms. The average molecular weight is 460 g/mol. The Balaban J connectivity index is 0.00000341. The molecular weight excluding hydrogens is 438 g/mol. The van der Waals surface area contributed by atoms with Crippen molar-refractivity contribution in [2.24, 2.45) is 5.92 Å². The van der Waals surface area contributed by atoms with E-state index < -0.39 is 35.2 Å². The number of halogens is 5. The molecule has 0 amide bonds. The van der Waals surface area contributed by atoms with Crippen molar-refractivity contribution in [1.29, 1.82) is 0 Å². The second kappa shape index (κ2) is 11.2. The predicted molar refractivity (Wildman–Crippen MR) is 102 cm³/mol. The molecule has 4 nitrogen and oxygen atoms in total. The van der Waals surface area contributed by atoms with Gasteiger partial charge < -0.3 is 27.2 Å². The third kappa shape index (κ3) is 6.45. The molecule has 0 aliphatic carbocycles. The van der Waals surface area contributed by atoms with Gasteiger partial charge in [-0.2, -0.15) is 0 Å². The van der Waals surface area contributed by atoms with Gasteiger partial charge in [0.05, 0.1) is 19.4 Å². The number of rotatable bonds is 7. The van der Waals surface area contributed by atoms with Crippen molar-refractivity contribution in [3.8, 4) is 0 Å². The molecule has 0 radical (unpaired) electrons. The number of ether oxygens (including phenoxy) is 1. The lowest BCUT2D eigenvalue weighted by molar-refractivity contribution is -0.907. The van der Waals surface area contributed by atoms with Gasteiger partial charge >= 0.3 is 5.97 Å². The van der Waals surface area contributed by atoms with Crippen molar-refractivity contribution >= 4 is 11.5 Å². The van der Waals surface area contributed by atoms with Crippen LogP contribution >= 0.6 is 0 Å². The van der Waals surface area contributed by atoms with Gasteiger partial charge in [-0.1, -0.05) is 0 Å². The first kappa shape index (κ1) is 24.7. The second-order valence-electron chi connectivity index (χ2n) is 7.28. The molecule has 1 heterocycles. The molecule has 1 fully saturated rings. The Hall–Kier alpha value is -2.58. The second-order valence-corrected chi connectivity index (χ2v) is 7.28. The van der Waals surface area contributed by atoms with E-state index in [4.69, 9.17) is 9.84 Å². The SMILES string of the molecule is O=C(O)[C@@H]1CCC[NH+](CCO/C=C(\c2ccc(F)cc2F)c2cc(F)ccc2F)C1.[Cl-]. The van der Waals surface area contributed by atoms with Crippen LogP contribution in [0.2, 0.25) is 0 Å². The number of hydrogen-bond acceptors (Lipinski definition) is 2. The third-order valence-electron chi connectivity index (χ3n) is 5.18. The molecule has 1 aliphatic rings. The van der Waals surface area contributed by atoms with E-state index in [-0.39, 0.29) is 35.7 Å². The average Bonchev–Trinajstić information content (AvgIpc) is 2.71. The van der Waals surface area contributed by atoms with Gasteiger partial charge in [0.2, 0.25) is 0 Å². The van der Waals surface area contributed by atoms with Crippen molar-refractivity contribution in [1.82, 2.24) is 0 Å². The molecule has 2 aromatic rings. The largest absolute Gasteiger partial charge is 1.00 e. The molecule has 9 heteroatoms. The summed E-state index contributed by atoms with van der Waals surface area (Å²) in [5.74, 6) is -4.42. The minimum atomic E-state index is -0.931. The van der Waals surface area contributed by atoms with Crippen LogP contribution in [-0.4, -0.2) is 37.3 Å². The highest BCUT2D eigenvalue weighted by atomic mass is 35.5. The summed E-state index contributed by atoms with van der Waals surface area (Å²) in [7, 11) is 0. The number of piperidine rings is 1. The summed E-state index contributed by atoms with van der Waals surface area (Å²) < 4.78 is 61.1. The zero-order chi connectivity index (χ0) is 21.7. The lowest BCUT2D eigenvalue weighted by Gasteiger charge is -2.27. The maximum Gasteiger partial charge on any atom is 0.312 e. The highest BCUT2D eigenvalue weighted by Crippen LogP contribution is 2.29. The molecule has 0 bridgehead atoms. The van der Waals surface area contributed by atoms with Gasteiger partial charge in [-0.15, -0.1) is 0 Å². The van der Waals surface area contributed by atoms with Crippen LogP contribution in [-0.2, 0) is 9.53 Å². The van der Waals surface area contributed by atoms with Gasteiger partial charge in [0.25, 0.3) is 0 Å². The molecule has 1 unspecified atom stereocenters. The smallest absolute Gasteiger partial charge is 0.312 e.